The predicted octanol–water partition coefficient (Wildman–Crippen LogP) is 2.25. The molecule has 6 nitrogen and oxygen atoms in total. The molecule has 2 amide bonds. The SMILES string of the molecule is CN1[C@H]2CC[C@H]1CN(C(=O)NCc1ccc(-n3cccn3)cc1)CC2. The van der Waals surface area contributed by atoms with Gasteiger partial charge in [-0.3, -0.25) is 4.90 Å². The van der Waals surface area contributed by atoms with Crippen LogP contribution in [0.5, 0.6) is 0 Å². The zero-order valence-electron chi connectivity index (χ0n) is 14.6. The fourth-order valence-corrected chi connectivity index (χ4v) is 3.97. The first-order valence-corrected chi connectivity index (χ1v) is 9.04. The third-order valence-corrected chi connectivity index (χ3v) is 5.58. The van der Waals surface area contributed by atoms with Crippen molar-refractivity contribution >= 4 is 6.03 Å². The monoisotopic (exact) mass is 339 g/mol. The van der Waals surface area contributed by atoms with Crippen molar-refractivity contribution in [2.45, 2.75) is 37.9 Å². The van der Waals surface area contributed by atoms with Gasteiger partial charge in [-0.25, -0.2) is 9.48 Å². The molecule has 0 aliphatic carbocycles. The Morgan fingerprint density at radius 3 is 2.76 bits per heavy atom. The van der Waals surface area contributed by atoms with E-state index in [9.17, 15) is 4.79 Å². The zero-order chi connectivity index (χ0) is 17.2. The highest BCUT2D eigenvalue weighted by atomic mass is 16.2. The van der Waals surface area contributed by atoms with Crippen LogP contribution >= 0.6 is 0 Å². The van der Waals surface area contributed by atoms with E-state index in [1.165, 1.54) is 12.8 Å². The average Bonchev–Trinajstić information content (AvgIpc) is 3.22. The molecule has 2 bridgehead atoms. The lowest BCUT2D eigenvalue weighted by molar-refractivity contribution is 0.188. The highest BCUT2D eigenvalue weighted by Crippen LogP contribution is 2.28. The van der Waals surface area contributed by atoms with E-state index in [1.807, 2.05) is 46.1 Å². The molecule has 2 aliphatic rings. The van der Waals surface area contributed by atoms with Crippen LogP contribution < -0.4 is 5.32 Å². The lowest BCUT2D eigenvalue weighted by Crippen LogP contribution is -2.44. The van der Waals surface area contributed by atoms with Crippen LogP contribution in [0.1, 0.15) is 24.8 Å². The quantitative estimate of drug-likeness (QED) is 0.933. The second-order valence-electron chi connectivity index (χ2n) is 7.06. The molecular weight excluding hydrogens is 314 g/mol. The third-order valence-electron chi connectivity index (χ3n) is 5.58. The minimum atomic E-state index is 0.0529. The zero-order valence-corrected chi connectivity index (χ0v) is 14.6. The van der Waals surface area contributed by atoms with Crippen molar-refractivity contribution in [2.24, 2.45) is 0 Å². The Labute approximate surface area is 148 Å². The number of aromatic nitrogens is 2. The molecule has 2 atom stereocenters. The highest BCUT2D eigenvalue weighted by Gasteiger charge is 2.35. The number of benzene rings is 1. The Hall–Kier alpha value is -2.34. The number of amides is 2. The summed E-state index contributed by atoms with van der Waals surface area (Å²) in [6, 6.07) is 11.2. The minimum Gasteiger partial charge on any atom is -0.334 e. The molecule has 2 fully saturated rings. The molecule has 0 unspecified atom stereocenters. The minimum absolute atomic E-state index is 0.0529. The molecule has 4 rings (SSSR count). The Bertz CT molecular complexity index is 712. The molecule has 1 aromatic carbocycles. The number of hydrogen-bond acceptors (Lipinski definition) is 3. The molecular formula is C19H25N5O. The number of urea groups is 1. The third kappa shape index (κ3) is 3.39. The molecule has 2 saturated heterocycles. The molecule has 1 aromatic heterocycles. The van der Waals surface area contributed by atoms with Crippen LogP contribution in [0.25, 0.3) is 5.69 Å². The van der Waals surface area contributed by atoms with Crippen LogP contribution in [0.3, 0.4) is 0 Å². The smallest absolute Gasteiger partial charge is 0.317 e. The number of fused-ring (bicyclic) bond motifs is 2. The second kappa shape index (κ2) is 6.88. The molecule has 3 heterocycles. The van der Waals surface area contributed by atoms with E-state index in [-0.39, 0.29) is 6.03 Å². The van der Waals surface area contributed by atoms with Crippen molar-refractivity contribution in [3.63, 3.8) is 0 Å². The van der Waals surface area contributed by atoms with Gasteiger partial charge in [0.25, 0.3) is 0 Å². The van der Waals surface area contributed by atoms with Gasteiger partial charge in [-0.2, -0.15) is 5.10 Å². The number of carbonyl (C=O) groups is 1. The number of carbonyl (C=O) groups excluding carboxylic acids is 1. The van der Waals surface area contributed by atoms with Gasteiger partial charge in [0.2, 0.25) is 0 Å². The Kier molecular flexibility index (Phi) is 4.44. The first-order valence-electron chi connectivity index (χ1n) is 9.04. The van der Waals surface area contributed by atoms with Crippen molar-refractivity contribution in [1.29, 1.82) is 0 Å². The molecule has 25 heavy (non-hydrogen) atoms. The van der Waals surface area contributed by atoms with Gasteiger partial charge in [0.15, 0.2) is 0 Å². The van der Waals surface area contributed by atoms with Gasteiger partial charge >= 0.3 is 6.03 Å². The molecule has 2 aromatic rings. The molecule has 0 radical (unpaired) electrons. The normalized spacial score (nSPS) is 23.5. The van der Waals surface area contributed by atoms with E-state index in [2.05, 4.69) is 22.4 Å². The summed E-state index contributed by atoms with van der Waals surface area (Å²) in [6.45, 7) is 2.26. The van der Waals surface area contributed by atoms with Gasteiger partial charge in [-0.1, -0.05) is 12.1 Å². The van der Waals surface area contributed by atoms with E-state index in [0.29, 0.717) is 18.6 Å². The lowest BCUT2D eigenvalue weighted by Gasteiger charge is -2.26. The highest BCUT2D eigenvalue weighted by molar-refractivity contribution is 5.74. The maximum absolute atomic E-state index is 12.5. The van der Waals surface area contributed by atoms with E-state index in [0.717, 1.165) is 30.8 Å². The summed E-state index contributed by atoms with van der Waals surface area (Å²) < 4.78 is 1.82. The van der Waals surface area contributed by atoms with Crippen molar-refractivity contribution in [3.8, 4) is 5.69 Å². The topological polar surface area (TPSA) is 53.4 Å². The Balaban J connectivity index is 1.33. The van der Waals surface area contributed by atoms with E-state index >= 15 is 0 Å². The number of nitrogens with zero attached hydrogens (tertiary/aromatic N) is 4. The van der Waals surface area contributed by atoms with Gasteiger partial charge in [0, 0.05) is 44.1 Å². The number of hydrogen-bond donors (Lipinski definition) is 1. The van der Waals surface area contributed by atoms with Crippen molar-refractivity contribution in [2.75, 3.05) is 20.1 Å². The molecule has 6 heteroatoms. The first kappa shape index (κ1) is 16.1. The van der Waals surface area contributed by atoms with Crippen LogP contribution in [-0.2, 0) is 6.54 Å². The largest absolute Gasteiger partial charge is 0.334 e. The van der Waals surface area contributed by atoms with Crippen molar-refractivity contribution in [1.82, 2.24) is 24.9 Å². The molecule has 0 spiro atoms. The van der Waals surface area contributed by atoms with Crippen LogP contribution in [0.15, 0.2) is 42.7 Å². The van der Waals surface area contributed by atoms with Gasteiger partial charge in [-0.15, -0.1) is 0 Å². The Morgan fingerprint density at radius 2 is 2.00 bits per heavy atom. The summed E-state index contributed by atoms with van der Waals surface area (Å²) >= 11 is 0. The summed E-state index contributed by atoms with van der Waals surface area (Å²) in [5.74, 6) is 0. The lowest BCUT2D eigenvalue weighted by atomic mass is 10.1. The fraction of sp³-hybridized carbons (Fsp3) is 0.474. The molecule has 0 saturated carbocycles. The fourth-order valence-electron chi connectivity index (χ4n) is 3.97. The van der Waals surface area contributed by atoms with Crippen molar-refractivity contribution < 1.29 is 4.79 Å². The van der Waals surface area contributed by atoms with Gasteiger partial charge < -0.3 is 10.2 Å². The Morgan fingerprint density at radius 1 is 1.20 bits per heavy atom. The predicted molar refractivity (Wildman–Crippen MR) is 96.6 cm³/mol. The van der Waals surface area contributed by atoms with Crippen molar-refractivity contribution in [3.05, 3.63) is 48.3 Å². The summed E-state index contributed by atoms with van der Waals surface area (Å²) in [5, 5.41) is 7.29. The van der Waals surface area contributed by atoms with Gasteiger partial charge in [-0.05, 0) is 50.1 Å². The summed E-state index contributed by atoms with van der Waals surface area (Å²) in [7, 11) is 2.20. The van der Waals surface area contributed by atoms with E-state index < -0.39 is 0 Å². The van der Waals surface area contributed by atoms with E-state index in [4.69, 9.17) is 0 Å². The molecule has 132 valence electrons. The van der Waals surface area contributed by atoms with Crippen LogP contribution in [-0.4, -0.2) is 57.8 Å². The van der Waals surface area contributed by atoms with E-state index in [1.54, 1.807) is 6.20 Å². The average molecular weight is 339 g/mol. The number of nitrogens with one attached hydrogen (secondary N) is 1. The van der Waals surface area contributed by atoms with Gasteiger partial charge in [0.05, 0.1) is 5.69 Å². The summed E-state index contributed by atoms with van der Waals surface area (Å²) in [5.41, 5.74) is 2.12. The maximum Gasteiger partial charge on any atom is 0.317 e. The summed E-state index contributed by atoms with van der Waals surface area (Å²) in [6.07, 6.45) is 7.25. The number of likely N-dealkylation sites (N-methyl/N-ethyl adjacent to an activating group) is 1. The number of rotatable bonds is 3. The first-order chi connectivity index (χ1) is 12.2. The maximum atomic E-state index is 12.5. The molecule has 2 aliphatic heterocycles. The van der Waals surface area contributed by atoms with Gasteiger partial charge in [0.1, 0.15) is 0 Å². The standard InChI is InChI=1S/C19H25N5O/c1-22-16-7-8-18(22)14-23(12-9-16)19(25)20-13-15-3-5-17(6-4-15)24-11-2-10-21-24/h2-6,10-11,16,18H,7-9,12-14H2,1H3,(H,20,25)/t16-,18-/m0/s1. The van der Waals surface area contributed by atoms with Crippen LogP contribution in [0.4, 0.5) is 4.79 Å². The second-order valence-corrected chi connectivity index (χ2v) is 7.06. The molecule has 1 N–H and O–H groups in total. The van der Waals surface area contributed by atoms with Crippen LogP contribution in [0.2, 0.25) is 0 Å². The van der Waals surface area contributed by atoms with Crippen LogP contribution in [0, 0.1) is 0 Å². The summed E-state index contributed by atoms with van der Waals surface area (Å²) in [4.78, 5) is 17.0. The number of likely N-dealkylation sites (tertiary alicyclic amines) is 1.